The summed E-state index contributed by atoms with van der Waals surface area (Å²) >= 11 is 0. The Morgan fingerprint density at radius 3 is 2.29 bits per heavy atom. The van der Waals surface area contributed by atoms with Gasteiger partial charge in [-0.2, -0.15) is 0 Å². The molecule has 0 radical (unpaired) electrons. The van der Waals surface area contributed by atoms with Crippen molar-refractivity contribution in [3.63, 3.8) is 0 Å². The first kappa shape index (κ1) is 16.2. The van der Waals surface area contributed by atoms with Crippen LogP contribution in [-0.4, -0.2) is 99.1 Å². The van der Waals surface area contributed by atoms with Crippen molar-refractivity contribution in [1.82, 2.24) is 20.0 Å². The van der Waals surface area contributed by atoms with Crippen molar-refractivity contribution in [2.24, 2.45) is 0 Å². The number of ether oxygens (including phenoxy) is 1. The van der Waals surface area contributed by atoms with Crippen LogP contribution < -0.4 is 5.32 Å². The predicted molar refractivity (Wildman–Crippen MR) is 79.0 cm³/mol. The zero-order chi connectivity index (χ0) is 15.1. The topological polar surface area (TPSA) is 65.1 Å². The Balaban J connectivity index is 1.65. The zero-order valence-electron chi connectivity index (χ0n) is 12.8. The number of carbonyl (C=O) groups excluding carboxylic acids is 2. The maximum Gasteiger partial charge on any atom is 0.306 e. The lowest BCUT2D eigenvalue weighted by atomic mass is 10.2. The molecule has 120 valence electrons. The van der Waals surface area contributed by atoms with Gasteiger partial charge in [0.25, 0.3) is 0 Å². The molecule has 2 heterocycles. The first-order chi connectivity index (χ1) is 10.2. The quantitative estimate of drug-likeness (QED) is 0.630. The van der Waals surface area contributed by atoms with Gasteiger partial charge in [0, 0.05) is 58.9 Å². The minimum absolute atomic E-state index is 0.174. The molecule has 0 aliphatic carbocycles. The van der Waals surface area contributed by atoms with Crippen LogP contribution in [0.2, 0.25) is 0 Å². The van der Waals surface area contributed by atoms with E-state index in [1.54, 1.807) is 0 Å². The molecule has 1 amide bonds. The second-order valence-corrected chi connectivity index (χ2v) is 5.57. The average molecular weight is 298 g/mol. The van der Waals surface area contributed by atoms with Gasteiger partial charge in [0.15, 0.2) is 0 Å². The van der Waals surface area contributed by atoms with Gasteiger partial charge < -0.3 is 15.0 Å². The Labute approximate surface area is 126 Å². The Morgan fingerprint density at radius 1 is 1.00 bits per heavy atom. The largest absolute Gasteiger partial charge is 0.469 e. The molecule has 7 heteroatoms. The Bertz CT molecular complexity index is 350. The van der Waals surface area contributed by atoms with Gasteiger partial charge in [-0.3, -0.25) is 19.4 Å². The van der Waals surface area contributed by atoms with Crippen LogP contribution in [0.15, 0.2) is 0 Å². The number of nitrogens with zero attached hydrogens (tertiary/aromatic N) is 3. The third kappa shape index (κ3) is 5.26. The molecule has 0 spiro atoms. The van der Waals surface area contributed by atoms with E-state index in [0.717, 1.165) is 52.4 Å². The van der Waals surface area contributed by atoms with E-state index in [9.17, 15) is 9.59 Å². The number of nitrogens with one attached hydrogen (secondary N) is 1. The van der Waals surface area contributed by atoms with Crippen molar-refractivity contribution >= 4 is 11.9 Å². The molecule has 21 heavy (non-hydrogen) atoms. The van der Waals surface area contributed by atoms with E-state index >= 15 is 0 Å². The number of hydrogen-bond donors (Lipinski definition) is 1. The minimum atomic E-state index is -0.174. The summed E-state index contributed by atoms with van der Waals surface area (Å²) in [6.45, 7) is 8.27. The number of piperazine rings is 2. The summed E-state index contributed by atoms with van der Waals surface area (Å²) < 4.78 is 4.64. The van der Waals surface area contributed by atoms with E-state index in [4.69, 9.17) is 0 Å². The highest BCUT2D eigenvalue weighted by Crippen LogP contribution is 2.05. The van der Waals surface area contributed by atoms with Crippen LogP contribution >= 0.6 is 0 Å². The van der Waals surface area contributed by atoms with Crippen LogP contribution in [-0.2, 0) is 14.3 Å². The van der Waals surface area contributed by atoms with Crippen LogP contribution in [0.1, 0.15) is 6.42 Å². The fraction of sp³-hybridized carbons (Fsp3) is 0.857. The summed E-state index contributed by atoms with van der Waals surface area (Å²) in [6, 6.07) is 0. The smallest absolute Gasteiger partial charge is 0.306 e. The SMILES string of the molecule is COC(=O)CCN1CCN(C(=O)CN2CCNCC2)CC1. The molecule has 2 rings (SSSR count). The standard InChI is InChI=1S/C14H26N4O3/c1-21-14(20)2-5-16-8-10-18(11-9-16)13(19)12-17-6-3-15-4-7-17/h15H,2-12H2,1H3. The molecule has 2 saturated heterocycles. The van der Waals surface area contributed by atoms with Gasteiger partial charge in [0.05, 0.1) is 20.1 Å². The molecule has 7 nitrogen and oxygen atoms in total. The molecular formula is C14H26N4O3. The fourth-order valence-corrected chi connectivity index (χ4v) is 2.73. The van der Waals surface area contributed by atoms with Gasteiger partial charge in [0.2, 0.25) is 5.91 Å². The summed E-state index contributed by atoms with van der Waals surface area (Å²) in [7, 11) is 1.41. The maximum absolute atomic E-state index is 12.3. The van der Waals surface area contributed by atoms with Crippen molar-refractivity contribution in [2.45, 2.75) is 6.42 Å². The highest BCUT2D eigenvalue weighted by atomic mass is 16.5. The third-order valence-electron chi connectivity index (χ3n) is 4.15. The van der Waals surface area contributed by atoms with Crippen molar-refractivity contribution in [3.05, 3.63) is 0 Å². The van der Waals surface area contributed by atoms with Gasteiger partial charge in [-0.1, -0.05) is 0 Å². The Morgan fingerprint density at radius 2 is 1.67 bits per heavy atom. The van der Waals surface area contributed by atoms with Crippen LogP contribution in [0, 0.1) is 0 Å². The molecular weight excluding hydrogens is 272 g/mol. The van der Waals surface area contributed by atoms with Gasteiger partial charge in [-0.25, -0.2) is 0 Å². The number of hydrogen-bond acceptors (Lipinski definition) is 6. The molecule has 0 aromatic heterocycles. The monoisotopic (exact) mass is 298 g/mol. The Hall–Kier alpha value is -1.18. The highest BCUT2D eigenvalue weighted by molar-refractivity contribution is 5.78. The first-order valence-corrected chi connectivity index (χ1v) is 7.69. The molecule has 2 aliphatic rings. The fourth-order valence-electron chi connectivity index (χ4n) is 2.73. The number of carbonyl (C=O) groups is 2. The summed E-state index contributed by atoms with van der Waals surface area (Å²) in [6.07, 6.45) is 0.422. The van der Waals surface area contributed by atoms with Crippen LogP contribution in [0.4, 0.5) is 0 Å². The molecule has 2 fully saturated rings. The summed E-state index contributed by atoms with van der Waals surface area (Å²) in [5.41, 5.74) is 0. The Kier molecular flexibility index (Phi) is 6.41. The summed E-state index contributed by atoms with van der Waals surface area (Å²) in [5.74, 6) is 0.0525. The molecule has 0 aromatic carbocycles. The summed E-state index contributed by atoms with van der Waals surface area (Å²) in [5, 5.41) is 3.29. The van der Waals surface area contributed by atoms with E-state index in [0.29, 0.717) is 19.5 Å². The van der Waals surface area contributed by atoms with E-state index in [1.165, 1.54) is 7.11 Å². The normalized spacial score (nSPS) is 21.3. The van der Waals surface area contributed by atoms with E-state index in [1.807, 2.05) is 4.90 Å². The third-order valence-corrected chi connectivity index (χ3v) is 4.15. The molecule has 0 saturated carbocycles. The summed E-state index contributed by atoms with van der Waals surface area (Å²) in [4.78, 5) is 29.7. The van der Waals surface area contributed by atoms with Gasteiger partial charge in [-0.05, 0) is 0 Å². The predicted octanol–water partition coefficient (Wildman–Crippen LogP) is -1.40. The molecule has 0 unspecified atom stereocenters. The zero-order valence-corrected chi connectivity index (χ0v) is 12.8. The van der Waals surface area contributed by atoms with Crippen molar-refractivity contribution in [2.75, 3.05) is 72.6 Å². The van der Waals surface area contributed by atoms with Crippen molar-refractivity contribution < 1.29 is 14.3 Å². The van der Waals surface area contributed by atoms with E-state index in [-0.39, 0.29) is 11.9 Å². The number of esters is 1. The molecule has 0 bridgehead atoms. The van der Waals surface area contributed by atoms with Gasteiger partial charge in [0.1, 0.15) is 0 Å². The second-order valence-electron chi connectivity index (χ2n) is 5.57. The number of amides is 1. The highest BCUT2D eigenvalue weighted by Gasteiger charge is 2.23. The van der Waals surface area contributed by atoms with Crippen LogP contribution in [0.5, 0.6) is 0 Å². The number of methoxy groups -OCH3 is 1. The minimum Gasteiger partial charge on any atom is -0.469 e. The second kappa shape index (κ2) is 8.31. The van der Waals surface area contributed by atoms with Crippen molar-refractivity contribution in [3.8, 4) is 0 Å². The van der Waals surface area contributed by atoms with Gasteiger partial charge in [-0.15, -0.1) is 0 Å². The lowest BCUT2D eigenvalue weighted by Crippen LogP contribution is -2.53. The molecule has 0 aromatic rings. The van der Waals surface area contributed by atoms with E-state index < -0.39 is 0 Å². The van der Waals surface area contributed by atoms with Gasteiger partial charge >= 0.3 is 5.97 Å². The average Bonchev–Trinajstić information content (AvgIpc) is 2.54. The maximum atomic E-state index is 12.3. The molecule has 0 atom stereocenters. The molecule has 2 aliphatic heterocycles. The molecule has 1 N–H and O–H groups in total. The van der Waals surface area contributed by atoms with Crippen LogP contribution in [0.25, 0.3) is 0 Å². The van der Waals surface area contributed by atoms with E-state index in [2.05, 4.69) is 19.9 Å². The number of rotatable bonds is 5. The van der Waals surface area contributed by atoms with Crippen molar-refractivity contribution in [1.29, 1.82) is 0 Å². The lowest BCUT2D eigenvalue weighted by molar-refractivity contribution is -0.141. The first-order valence-electron chi connectivity index (χ1n) is 7.69. The van der Waals surface area contributed by atoms with Crippen LogP contribution in [0.3, 0.4) is 0 Å². The lowest BCUT2D eigenvalue weighted by Gasteiger charge is -2.36.